The van der Waals surface area contributed by atoms with Crippen LogP contribution >= 0.6 is 11.3 Å². The van der Waals surface area contributed by atoms with Gasteiger partial charge in [0.1, 0.15) is 5.69 Å². The predicted molar refractivity (Wildman–Crippen MR) is 80.7 cm³/mol. The Bertz CT molecular complexity index is 611. The van der Waals surface area contributed by atoms with Crippen molar-refractivity contribution in [3.63, 3.8) is 0 Å². The van der Waals surface area contributed by atoms with Crippen LogP contribution in [0.25, 0.3) is 0 Å². The lowest BCUT2D eigenvalue weighted by Crippen LogP contribution is -2.32. The first-order valence-corrected chi connectivity index (χ1v) is 7.28. The van der Waals surface area contributed by atoms with Crippen LogP contribution in [0.2, 0.25) is 0 Å². The van der Waals surface area contributed by atoms with Crippen molar-refractivity contribution in [2.45, 2.75) is 19.4 Å². The van der Waals surface area contributed by atoms with Crippen LogP contribution in [-0.4, -0.2) is 22.1 Å². The topological polar surface area (TPSA) is 91.3 Å². The molecule has 0 radical (unpaired) electrons. The molecule has 0 aliphatic heterocycles. The van der Waals surface area contributed by atoms with Crippen molar-refractivity contribution >= 4 is 29.0 Å². The number of carbonyl (C=O) groups excluding carboxylic acids is 1. The molecular weight excluding hydrogens is 290 g/mol. The molecule has 0 fully saturated rings. The Kier molecular flexibility index (Phi) is 4.89. The van der Waals surface area contributed by atoms with Gasteiger partial charge in [0.15, 0.2) is 0 Å². The van der Waals surface area contributed by atoms with Crippen molar-refractivity contribution in [3.8, 4) is 0 Å². The molecule has 2 amide bonds. The first-order chi connectivity index (χ1) is 10.1. The zero-order chi connectivity index (χ0) is 15.2. The number of nitrogens with zero attached hydrogens (tertiary/aromatic N) is 1. The van der Waals surface area contributed by atoms with E-state index in [2.05, 4.69) is 15.6 Å². The Morgan fingerprint density at radius 2 is 2.19 bits per heavy atom. The number of urea groups is 1. The van der Waals surface area contributed by atoms with Gasteiger partial charge >= 0.3 is 12.0 Å². The lowest BCUT2D eigenvalue weighted by Gasteiger charge is -2.16. The summed E-state index contributed by atoms with van der Waals surface area (Å²) in [4.78, 5) is 27.5. The fourth-order valence-electron chi connectivity index (χ4n) is 1.78. The Morgan fingerprint density at radius 3 is 2.71 bits per heavy atom. The molecule has 0 spiro atoms. The van der Waals surface area contributed by atoms with E-state index in [1.165, 1.54) is 18.3 Å². The maximum absolute atomic E-state index is 11.9. The fourth-order valence-corrected chi connectivity index (χ4v) is 2.64. The van der Waals surface area contributed by atoms with Gasteiger partial charge in [0, 0.05) is 4.88 Å². The van der Waals surface area contributed by atoms with E-state index in [0.29, 0.717) is 5.69 Å². The molecule has 2 aromatic rings. The maximum Gasteiger partial charge on any atom is 0.354 e. The number of hydrogen-bond acceptors (Lipinski definition) is 4. The number of nitrogens with one attached hydrogen (secondary N) is 2. The highest BCUT2D eigenvalue weighted by Crippen LogP contribution is 2.21. The predicted octanol–water partition coefficient (Wildman–Crippen LogP) is 3.11. The van der Waals surface area contributed by atoms with Crippen LogP contribution < -0.4 is 10.6 Å². The van der Waals surface area contributed by atoms with E-state index in [9.17, 15) is 9.59 Å². The van der Waals surface area contributed by atoms with Crippen molar-refractivity contribution in [2.75, 3.05) is 5.32 Å². The summed E-state index contributed by atoms with van der Waals surface area (Å²) in [6, 6.07) is 6.37. The van der Waals surface area contributed by atoms with Gasteiger partial charge in [-0.15, -0.1) is 11.3 Å². The van der Waals surface area contributed by atoms with Gasteiger partial charge in [0.2, 0.25) is 0 Å². The minimum absolute atomic E-state index is 0.0451. The van der Waals surface area contributed by atoms with Gasteiger partial charge in [-0.1, -0.05) is 13.0 Å². The number of hydrogen-bond donors (Lipinski definition) is 3. The number of aromatic carboxylic acids is 1. The summed E-state index contributed by atoms with van der Waals surface area (Å²) in [7, 11) is 0. The number of amides is 2. The first kappa shape index (κ1) is 15.0. The average Bonchev–Trinajstić information content (AvgIpc) is 2.99. The SMILES string of the molecule is CCC(NC(=O)Nc1ccc(C(=O)O)nc1)c1cccs1. The quantitative estimate of drug-likeness (QED) is 0.791. The fraction of sp³-hybridized carbons (Fsp3) is 0.214. The van der Waals surface area contributed by atoms with Crippen molar-refractivity contribution in [1.82, 2.24) is 10.3 Å². The number of carbonyl (C=O) groups is 2. The third kappa shape index (κ3) is 4.03. The summed E-state index contributed by atoms with van der Waals surface area (Å²) in [6.07, 6.45) is 2.10. The minimum atomic E-state index is -1.10. The van der Waals surface area contributed by atoms with Gasteiger partial charge in [-0.25, -0.2) is 14.6 Å². The summed E-state index contributed by atoms with van der Waals surface area (Å²) < 4.78 is 0. The summed E-state index contributed by atoms with van der Waals surface area (Å²) in [5.41, 5.74) is 0.379. The van der Waals surface area contributed by atoms with Gasteiger partial charge in [0.05, 0.1) is 17.9 Å². The van der Waals surface area contributed by atoms with Crippen molar-refractivity contribution in [2.24, 2.45) is 0 Å². The standard InChI is InChI=1S/C14H15N3O3S/c1-2-10(12-4-3-7-21-12)17-14(20)16-9-5-6-11(13(18)19)15-8-9/h3-8,10H,2H2,1H3,(H,18,19)(H2,16,17,20). The molecule has 2 aromatic heterocycles. The van der Waals surface area contributed by atoms with Crippen molar-refractivity contribution < 1.29 is 14.7 Å². The zero-order valence-electron chi connectivity index (χ0n) is 11.4. The van der Waals surface area contributed by atoms with Crippen LogP contribution in [0.4, 0.5) is 10.5 Å². The average molecular weight is 305 g/mol. The largest absolute Gasteiger partial charge is 0.477 e. The summed E-state index contributed by atoms with van der Waals surface area (Å²) >= 11 is 1.59. The van der Waals surface area contributed by atoms with E-state index < -0.39 is 5.97 Å². The Balaban J connectivity index is 1.96. The Morgan fingerprint density at radius 1 is 1.38 bits per heavy atom. The van der Waals surface area contributed by atoms with E-state index in [1.54, 1.807) is 11.3 Å². The van der Waals surface area contributed by atoms with Crippen LogP contribution in [0, 0.1) is 0 Å². The maximum atomic E-state index is 11.9. The monoisotopic (exact) mass is 305 g/mol. The van der Waals surface area contributed by atoms with Crippen molar-refractivity contribution in [3.05, 3.63) is 46.4 Å². The molecule has 0 saturated carbocycles. The third-order valence-corrected chi connectivity index (χ3v) is 3.83. The Labute approximate surface area is 125 Å². The second kappa shape index (κ2) is 6.85. The molecule has 2 heterocycles. The van der Waals surface area contributed by atoms with Gasteiger partial charge in [-0.3, -0.25) is 0 Å². The van der Waals surface area contributed by atoms with E-state index in [-0.39, 0.29) is 17.8 Å². The van der Waals surface area contributed by atoms with E-state index in [4.69, 9.17) is 5.11 Å². The molecule has 0 aliphatic rings. The number of anilines is 1. The van der Waals surface area contributed by atoms with Crippen molar-refractivity contribution in [1.29, 1.82) is 0 Å². The molecule has 1 unspecified atom stereocenters. The minimum Gasteiger partial charge on any atom is -0.477 e. The van der Waals surface area contributed by atoms with Gasteiger partial charge in [-0.2, -0.15) is 0 Å². The zero-order valence-corrected chi connectivity index (χ0v) is 12.2. The lowest BCUT2D eigenvalue weighted by molar-refractivity contribution is 0.0690. The summed E-state index contributed by atoms with van der Waals surface area (Å²) in [5.74, 6) is -1.10. The molecule has 3 N–H and O–H groups in total. The molecule has 0 saturated heterocycles. The van der Waals surface area contributed by atoms with Crippen LogP contribution in [0.1, 0.15) is 34.8 Å². The number of thiophene rings is 1. The molecular formula is C14H15N3O3S. The molecule has 1 atom stereocenters. The van der Waals surface area contributed by atoms with E-state index in [0.717, 1.165) is 11.3 Å². The smallest absolute Gasteiger partial charge is 0.354 e. The number of carboxylic acid groups (broad SMARTS) is 1. The summed E-state index contributed by atoms with van der Waals surface area (Å²) in [5, 5.41) is 16.2. The molecule has 2 rings (SSSR count). The van der Waals surface area contributed by atoms with Gasteiger partial charge in [0.25, 0.3) is 0 Å². The second-order valence-electron chi connectivity index (χ2n) is 4.31. The Hall–Kier alpha value is -2.41. The highest BCUT2D eigenvalue weighted by molar-refractivity contribution is 7.10. The molecule has 21 heavy (non-hydrogen) atoms. The third-order valence-electron chi connectivity index (χ3n) is 2.84. The van der Waals surface area contributed by atoms with Crippen LogP contribution in [0.5, 0.6) is 0 Å². The number of pyridine rings is 1. The highest BCUT2D eigenvalue weighted by atomic mass is 32.1. The van der Waals surface area contributed by atoms with Gasteiger partial charge < -0.3 is 15.7 Å². The highest BCUT2D eigenvalue weighted by Gasteiger charge is 2.13. The number of aromatic nitrogens is 1. The molecule has 110 valence electrons. The molecule has 0 aliphatic carbocycles. The van der Waals surface area contributed by atoms with E-state index >= 15 is 0 Å². The molecule has 6 nitrogen and oxygen atoms in total. The van der Waals surface area contributed by atoms with Gasteiger partial charge in [-0.05, 0) is 30.0 Å². The normalized spacial score (nSPS) is 11.7. The molecule has 0 aromatic carbocycles. The summed E-state index contributed by atoms with van der Waals surface area (Å²) in [6.45, 7) is 1.99. The van der Waals surface area contributed by atoms with E-state index in [1.807, 2.05) is 24.4 Å². The molecule has 7 heteroatoms. The second-order valence-corrected chi connectivity index (χ2v) is 5.29. The molecule has 0 bridgehead atoms. The number of carboxylic acids is 1. The van der Waals surface area contributed by atoms with Crippen LogP contribution in [0.15, 0.2) is 35.8 Å². The number of rotatable bonds is 5. The van der Waals surface area contributed by atoms with Crippen LogP contribution in [-0.2, 0) is 0 Å². The lowest BCUT2D eigenvalue weighted by atomic mass is 10.2. The van der Waals surface area contributed by atoms with Crippen LogP contribution in [0.3, 0.4) is 0 Å². The first-order valence-electron chi connectivity index (χ1n) is 6.40.